The molecule has 3 rings (SSSR count). The number of benzene rings is 1. The first-order chi connectivity index (χ1) is 9.85. The highest BCUT2D eigenvalue weighted by Gasteiger charge is 2.47. The van der Waals surface area contributed by atoms with E-state index in [-0.39, 0.29) is 11.6 Å². The van der Waals surface area contributed by atoms with Crippen LogP contribution in [0.25, 0.3) is 0 Å². The third kappa shape index (κ3) is 2.27. The fraction of sp³-hybridized carbons (Fsp3) is 0.625. The largest absolute Gasteiger partial charge is 0.418 e. The van der Waals surface area contributed by atoms with Gasteiger partial charge in [0.05, 0.1) is 22.5 Å². The Kier molecular flexibility index (Phi) is 3.34. The third-order valence-corrected chi connectivity index (χ3v) is 4.75. The second-order valence-electron chi connectivity index (χ2n) is 6.45. The lowest BCUT2D eigenvalue weighted by Gasteiger charge is -2.51. The zero-order valence-corrected chi connectivity index (χ0v) is 12.4. The highest BCUT2D eigenvalue weighted by Crippen LogP contribution is 2.50. The molecule has 2 nitrogen and oxygen atoms in total. The quantitative estimate of drug-likeness (QED) is 0.811. The maximum absolute atomic E-state index is 13.4. The standard InChI is InChI=1S/C16H21F3N2/c1-11(2)21-14-12(16(17,18)19)6-5-7-13(14)20-10-15(21)8-3-4-9-15/h5-7,11,20H,3-4,8-10H2,1-2H3. The average Bonchev–Trinajstić information content (AvgIpc) is 2.85. The van der Waals surface area contributed by atoms with Crippen LogP contribution in [0, 0.1) is 0 Å². The Morgan fingerprint density at radius 3 is 2.43 bits per heavy atom. The molecule has 0 aromatic heterocycles. The van der Waals surface area contributed by atoms with Crippen molar-refractivity contribution in [3.05, 3.63) is 23.8 Å². The number of anilines is 2. The summed E-state index contributed by atoms with van der Waals surface area (Å²) in [6.07, 6.45) is -0.215. The Balaban J connectivity index is 2.18. The van der Waals surface area contributed by atoms with E-state index in [0.29, 0.717) is 11.4 Å². The smallest absolute Gasteiger partial charge is 0.381 e. The van der Waals surface area contributed by atoms with Crippen LogP contribution in [0.15, 0.2) is 18.2 Å². The molecule has 0 amide bonds. The number of nitrogens with one attached hydrogen (secondary N) is 1. The van der Waals surface area contributed by atoms with Crippen molar-refractivity contribution < 1.29 is 13.2 Å². The summed E-state index contributed by atoms with van der Waals surface area (Å²) in [4.78, 5) is 2.04. The van der Waals surface area contributed by atoms with E-state index in [1.54, 1.807) is 6.07 Å². The van der Waals surface area contributed by atoms with Gasteiger partial charge in [-0.25, -0.2) is 0 Å². The van der Waals surface area contributed by atoms with E-state index < -0.39 is 11.7 Å². The first kappa shape index (κ1) is 14.5. The summed E-state index contributed by atoms with van der Waals surface area (Å²) in [6, 6.07) is 4.48. The van der Waals surface area contributed by atoms with Crippen LogP contribution in [0.1, 0.15) is 45.1 Å². The second kappa shape index (κ2) is 4.82. The van der Waals surface area contributed by atoms with Crippen LogP contribution in [0.4, 0.5) is 24.5 Å². The van der Waals surface area contributed by atoms with Crippen molar-refractivity contribution in [1.82, 2.24) is 0 Å². The first-order valence-electron chi connectivity index (χ1n) is 7.59. The van der Waals surface area contributed by atoms with Gasteiger partial charge in [-0.15, -0.1) is 0 Å². The first-order valence-corrected chi connectivity index (χ1v) is 7.59. The minimum Gasteiger partial charge on any atom is -0.381 e. The molecule has 0 saturated heterocycles. The predicted molar refractivity (Wildman–Crippen MR) is 78.7 cm³/mol. The molecule has 1 aliphatic heterocycles. The van der Waals surface area contributed by atoms with Gasteiger partial charge in [-0.2, -0.15) is 13.2 Å². The van der Waals surface area contributed by atoms with E-state index in [1.165, 1.54) is 12.1 Å². The molecule has 1 saturated carbocycles. The molecule has 1 aromatic rings. The molecule has 0 radical (unpaired) electrons. The van der Waals surface area contributed by atoms with E-state index in [1.807, 2.05) is 18.7 Å². The lowest BCUT2D eigenvalue weighted by Crippen LogP contribution is -2.58. The highest BCUT2D eigenvalue weighted by atomic mass is 19.4. The van der Waals surface area contributed by atoms with Crippen molar-refractivity contribution in [2.24, 2.45) is 0 Å². The van der Waals surface area contributed by atoms with Crippen molar-refractivity contribution in [3.8, 4) is 0 Å². The number of hydrogen-bond donors (Lipinski definition) is 1. The number of fused-ring (bicyclic) bond motifs is 1. The maximum Gasteiger partial charge on any atom is 0.418 e. The monoisotopic (exact) mass is 298 g/mol. The summed E-state index contributed by atoms with van der Waals surface area (Å²) in [7, 11) is 0. The third-order valence-electron chi connectivity index (χ3n) is 4.75. The van der Waals surface area contributed by atoms with Crippen LogP contribution in [0.3, 0.4) is 0 Å². The van der Waals surface area contributed by atoms with E-state index in [4.69, 9.17) is 0 Å². The topological polar surface area (TPSA) is 15.3 Å². The van der Waals surface area contributed by atoms with Crippen LogP contribution < -0.4 is 10.2 Å². The lowest BCUT2D eigenvalue weighted by molar-refractivity contribution is -0.137. The van der Waals surface area contributed by atoms with Crippen molar-refractivity contribution in [2.75, 3.05) is 16.8 Å². The number of para-hydroxylation sites is 1. The van der Waals surface area contributed by atoms with Gasteiger partial charge in [-0.3, -0.25) is 0 Å². The molecule has 0 bridgehead atoms. The van der Waals surface area contributed by atoms with Crippen LogP contribution >= 0.6 is 0 Å². The average molecular weight is 298 g/mol. The van der Waals surface area contributed by atoms with Crippen molar-refractivity contribution >= 4 is 11.4 Å². The molecule has 21 heavy (non-hydrogen) atoms. The number of halogens is 3. The van der Waals surface area contributed by atoms with Gasteiger partial charge in [0.15, 0.2) is 0 Å². The normalized spacial score (nSPS) is 20.8. The molecule has 1 aliphatic carbocycles. The van der Waals surface area contributed by atoms with Crippen LogP contribution in [-0.4, -0.2) is 18.1 Å². The molecular weight excluding hydrogens is 277 g/mol. The van der Waals surface area contributed by atoms with E-state index >= 15 is 0 Å². The number of nitrogens with zero attached hydrogens (tertiary/aromatic N) is 1. The van der Waals surface area contributed by atoms with Crippen molar-refractivity contribution in [3.63, 3.8) is 0 Å². The Morgan fingerprint density at radius 2 is 1.86 bits per heavy atom. The Hall–Kier alpha value is -1.39. The summed E-state index contributed by atoms with van der Waals surface area (Å²) in [6.45, 7) is 4.71. The second-order valence-corrected chi connectivity index (χ2v) is 6.45. The molecule has 116 valence electrons. The van der Waals surface area contributed by atoms with E-state index in [2.05, 4.69) is 5.32 Å². The molecule has 1 aromatic carbocycles. The minimum atomic E-state index is -4.32. The van der Waals surface area contributed by atoms with E-state index in [0.717, 1.165) is 32.2 Å². The molecule has 5 heteroatoms. The zero-order valence-electron chi connectivity index (χ0n) is 12.4. The van der Waals surface area contributed by atoms with Gasteiger partial charge in [-0.1, -0.05) is 18.9 Å². The lowest BCUT2D eigenvalue weighted by atomic mass is 9.88. The minimum absolute atomic E-state index is 0.0486. The van der Waals surface area contributed by atoms with Gasteiger partial charge in [0.1, 0.15) is 0 Å². The summed E-state index contributed by atoms with van der Waals surface area (Å²) in [5.74, 6) is 0. The molecule has 1 spiro atoms. The van der Waals surface area contributed by atoms with Crippen LogP contribution in [0.5, 0.6) is 0 Å². The fourth-order valence-corrected chi connectivity index (χ4v) is 4.01. The van der Waals surface area contributed by atoms with Gasteiger partial charge in [0.25, 0.3) is 0 Å². The SMILES string of the molecule is CC(C)N1c2c(cccc2C(F)(F)F)NCC12CCCC2. The summed E-state index contributed by atoms with van der Waals surface area (Å²) in [5, 5.41) is 3.25. The van der Waals surface area contributed by atoms with Gasteiger partial charge < -0.3 is 10.2 Å². The summed E-state index contributed by atoms with van der Waals surface area (Å²) in [5.41, 5.74) is 0.263. The summed E-state index contributed by atoms with van der Waals surface area (Å²) >= 11 is 0. The van der Waals surface area contributed by atoms with Gasteiger partial charge >= 0.3 is 6.18 Å². The molecule has 0 unspecified atom stereocenters. The molecule has 1 heterocycles. The molecule has 1 fully saturated rings. The Bertz CT molecular complexity index is 531. The molecular formula is C16H21F3N2. The van der Waals surface area contributed by atoms with Gasteiger partial charge in [0.2, 0.25) is 0 Å². The Labute approximate surface area is 123 Å². The van der Waals surface area contributed by atoms with Crippen LogP contribution in [0.2, 0.25) is 0 Å². The maximum atomic E-state index is 13.4. The predicted octanol–water partition coefficient (Wildman–Crippen LogP) is 4.66. The Morgan fingerprint density at radius 1 is 1.19 bits per heavy atom. The zero-order chi connectivity index (χ0) is 15.3. The summed E-state index contributed by atoms with van der Waals surface area (Å²) < 4.78 is 40.3. The van der Waals surface area contributed by atoms with Crippen LogP contribution in [-0.2, 0) is 6.18 Å². The van der Waals surface area contributed by atoms with Gasteiger partial charge in [-0.05, 0) is 38.8 Å². The highest BCUT2D eigenvalue weighted by molar-refractivity contribution is 5.78. The van der Waals surface area contributed by atoms with Crippen molar-refractivity contribution in [2.45, 2.75) is 57.3 Å². The fourth-order valence-electron chi connectivity index (χ4n) is 4.01. The van der Waals surface area contributed by atoms with Crippen molar-refractivity contribution in [1.29, 1.82) is 0 Å². The number of alkyl halides is 3. The van der Waals surface area contributed by atoms with Gasteiger partial charge in [0, 0.05) is 12.6 Å². The molecule has 0 atom stereocenters. The number of rotatable bonds is 1. The number of hydrogen-bond acceptors (Lipinski definition) is 2. The molecule has 1 N–H and O–H groups in total. The molecule has 2 aliphatic rings. The van der Waals surface area contributed by atoms with E-state index in [9.17, 15) is 13.2 Å².